The molecule has 5 rings (SSSR count). The van der Waals surface area contributed by atoms with E-state index in [-0.39, 0.29) is 11.7 Å². The highest BCUT2D eigenvalue weighted by Gasteiger charge is 2.62. The van der Waals surface area contributed by atoms with Gasteiger partial charge in [-0.15, -0.1) is 0 Å². The molecule has 1 unspecified atom stereocenters. The van der Waals surface area contributed by atoms with Gasteiger partial charge in [0, 0.05) is 11.0 Å². The maximum absolute atomic E-state index is 11.5. The van der Waals surface area contributed by atoms with Gasteiger partial charge in [-0.1, -0.05) is 41.4 Å². The second-order valence-electron chi connectivity index (χ2n) is 8.41. The van der Waals surface area contributed by atoms with Crippen LogP contribution in [0.25, 0.3) is 11.2 Å². The van der Waals surface area contributed by atoms with Crippen LogP contribution in [-0.4, -0.2) is 48.0 Å². The number of hydrogen-bond donors (Lipinski definition) is 3. The fraction of sp³-hybridized carbons (Fsp3) is 0.409. The first-order chi connectivity index (χ1) is 14.9. The summed E-state index contributed by atoms with van der Waals surface area (Å²) < 4.78 is 8.25. The number of hydrogen-bond acceptors (Lipinski definition) is 7. The number of nitrogen functional groups attached to an aromatic ring is 1. The average molecular weight is 442 g/mol. The quantitative estimate of drug-likeness (QED) is 0.571. The number of imidazole rings is 1. The van der Waals surface area contributed by atoms with Crippen molar-refractivity contribution >= 4 is 28.6 Å². The van der Waals surface area contributed by atoms with Crippen molar-refractivity contribution in [2.24, 2.45) is 0 Å². The van der Waals surface area contributed by atoms with Crippen LogP contribution in [0.15, 0.2) is 47.5 Å². The highest BCUT2D eigenvalue weighted by molar-refractivity contribution is 6.30. The van der Waals surface area contributed by atoms with E-state index in [1.165, 1.54) is 11.9 Å². The van der Waals surface area contributed by atoms with Crippen LogP contribution in [0.2, 0.25) is 0 Å². The molecule has 0 saturated carbocycles. The van der Waals surface area contributed by atoms with Gasteiger partial charge >= 0.3 is 0 Å². The van der Waals surface area contributed by atoms with Gasteiger partial charge in [0.25, 0.3) is 0 Å². The molecule has 3 aromatic rings. The zero-order chi connectivity index (χ0) is 21.9. The Morgan fingerprint density at radius 3 is 2.77 bits per heavy atom. The third kappa shape index (κ3) is 2.82. The molecule has 4 N–H and O–H groups in total. The van der Waals surface area contributed by atoms with Gasteiger partial charge in [-0.05, 0) is 37.8 Å². The van der Waals surface area contributed by atoms with E-state index < -0.39 is 24.0 Å². The van der Waals surface area contributed by atoms with Gasteiger partial charge in [-0.3, -0.25) is 4.57 Å². The van der Waals surface area contributed by atoms with Gasteiger partial charge in [0.05, 0.1) is 6.33 Å². The second-order valence-corrected chi connectivity index (χ2v) is 8.82. The SMILES string of the molecule is CC(C)=C(Cl)[C@H]1O[C@@](C2CCc3ccccc32)(n2cnc3c(N)ncnc32)[C@H](O)[C@@H]1O. The number of ether oxygens (including phenoxy) is 1. The van der Waals surface area contributed by atoms with E-state index in [4.69, 9.17) is 22.1 Å². The minimum Gasteiger partial charge on any atom is -0.387 e. The van der Waals surface area contributed by atoms with E-state index >= 15 is 0 Å². The van der Waals surface area contributed by atoms with Crippen molar-refractivity contribution in [3.05, 3.63) is 58.7 Å². The Morgan fingerprint density at radius 2 is 2.00 bits per heavy atom. The largest absolute Gasteiger partial charge is 0.387 e. The number of rotatable bonds is 3. The van der Waals surface area contributed by atoms with E-state index in [2.05, 4.69) is 21.0 Å². The van der Waals surface area contributed by atoms with Crippen molar-refractivity contribution in [3.63, 3.8) is 0 Å². The van der Waals surface area contributed by atoms with Crippen molar-refractivity contribution in [3.8, 4) is 0 Å². The summed E-state index contributed by atoms with van der Waals surface area (Å²) >= 11 is 6.53. The van der Waals surface area contributed by atoms with E-state index in [1.54, 1.807) is 10.9 Å². The van der Waals surface area contributed by atoms with Crippen molar-refractivity contribution < 1.29 is 14.9 Å². The summed E-state index contributed by atoms with van der Waals surface area (Å²) in [4.78, 5) is 12.8. The number of aliphatic hydroxyl groups is 2. The maximum Gasteiger partial charge on any atom is 0.183 e. The molecule has 1 aliphatic heterocycles. The number of benzene rings is 1. The lowest BCUT2D eigenvalue weighted by Crippen LogP contribution is -2.49. The van der Waals surface area contributed by atoms with E-state index in [0.29, 0.717) is 16.2 Å². The summed E-state index contributed by atoms with van der Waals surface area (Å²) in [6, 6.07) is 8.08. The molecule has 31 heavy (non-hydrogen) atoms. The number of anilines is 1. The molecular weight excluding hydrogens is 418 g/mol. The Labute approximate surface area is 184 Å². The summed E-state index contributed by atoms with van der Waals surface area (Å²) in [5.74, 6) is -0.0220. The average Bonchev–Trinajstić information content (AvgIpc) is 3.45. The third-order valence-electron chi connectivity index (χ3n) is 6.47. The molecule has 162 valence electrons. The summed E-state index contributed by atoms with van der Waals surface area (Å²) in [5, 5.41) is 23.0. The van der Waals surface area contributed by atoms with Crippen LogP contribution >= 0.6 is 11.6 Å². The van der Waals surface area contributed by atoms with Crippen LogP contribution in [0.4, 0.5) is 5.82 Å². The topological polar surface area (TPSA) is 119 Å². The smallest absolute Gasteiger partial charge is 0.183 e. The van der Waals surface area contributed by atoms with Crippen molar-refractivity contribution in [1.29, 1.82) is 0 Å². The lowest BCUT2D eigenvalue weighted by molar-refractivity contribution is -0.151. The molecule has 2 aliphatic rings. The molecule has 1 fully saturated rings. The lowest BCUT2D eigenvalue weighted by Gasteiger charge is -2.39. The summed E-state index contributed by atoms with van der Waals surface area (Å²) in [5.41, 5.74) is 8.53. The number of halogens is 1. The molecule has 0 spiro atoms. The number of fused-ring (bicyclic) bond motifs is 2. The molecular formula is C22H24ClN5O3. The van der Waals surface area contributed by atoms with E-state index in [9.17, 15) is 10.2 Å². The molecule has 0 radical (unpaired) electrons. The number of aliphatic hydroxyl groups excluding tert-OH is 2. The van der Waals surface area contributed by atoms with Gasteiger partial charge in [-0.25, -0.2) is 15.0 Å². The normalized spacial score (nSPS) is 30.0. The Balaban J connectivity index is 1.77. The third-order valence-corrected chi connectivity index (χ3v) is 7.06. The summed E-state index contributed by atoms with van der Waals surface area (Å²) in [6.45, 7) is 3.69. The van der Waals surface area contributed by atoms with Crippen molar-refractivity contribution in [2.45, 2.75) is 56.6 Å². The molecule has 1 aromatic carbocycles. The predicted molar refractivity (Wildman–Crippen MR) is 116 cm³/mol. The fourth-order valence-corrected chi connectivity index (χ4v) is 5.16. The van der Waals surface area contributed by atoms with Gasteiger partial charge in [-0.2, -0.15) is 0 Å². The first-order valence-corrected chi connectivity index (χ1v) is 10.6. The maximum atomic E-state index is 11.5. The number of nitrogens with two attached hydrogens (primary N) is 1. The standard InChI is InChI=1S/C22H24ClN5O3/c1-11(2)15(23)18-17(29)19(30)22(31-18,14-8-7-12-5-3-4-6-13(12)14)28-10-27-16-20(24)25-9-26-21(16)28/h3-6,9-10,14,17-19,29-30H,7-8H2,1-2H3,(H2,24,25,26)/t14?,17-,18-,19-,22-/m1/s1. The van der Waals surface area contributed by atoms with Crippen LogP contribution in [0.1, 0.15) is 37.3 Å². The van der Waals surface area contributed by atoms with Gasteiger partial charge in [0.1, 0.15) is 30.2 Å². The lowest BCUT2D eigenvalue weighted by atomic mass is 9.84. The van der Waals surface area contributed by atoms with Gasteiger partial charge < -0.3 is 20.7 Å². The highest BCUT2D eigenvalue weighted by Crippen LogP contribution is 2.53. The van der Waals surface area contributed by atoms with Crippen molar-refractivity contribution in [2.75, 3.05) is 5.73 Å². The molecule has 0 bridgehead atoms. The van der Waals surface area contributed by atoms with Crippen LogP contribution in [0, 0.1) is 0 Å². The zero-order valence-electron chi connectivity index (χ0n) is 17.2. The molecule has 1 aliphatic carbocycles. The van der Waals surface area contributed by atoms with Crippen LogP contribution < -0.4 is 5.73 Å². The first kappa shape index (κ1) is 20.4. The van der Waals surface area contributed by atoms with Gasteiger partial charge in [0.15, 0.2) is 17.2 Å². The predicted octanol–water partition coefficient (Wildman–Crippen LogP) is 2.44. The Kier molecular flexibility index (Phi) is 4.78. The monoisotopic (exact) mass is 441 g/mol. The van der Waals surface area contributed by atoms with Crippen LogP contribution in [0.3, 0.4) is 0 Å². The number of aryl methyl sites for hydroxylation is 1. The number of nitrogens with zero attached hydrogens (tertiary/aromatic N) is 4. The van der Waals surface area contributed by atoms with E-state index in [0.717, 1.165) is 24.0 Å². The minimum absolute atomic E-state index is 0.234. The number of aromatic nitrogens is 4. The Morgan fingerprint density at radius 1 is 1.23 bits per heavy atom. The van der Waals surface area contributed by atoms with E-state index in [1.807, 2.05) is 32.0 Å². The molecule has 9 heteroatoms. The second kappa shape index (κ2) is 7.27. The molecule has 2 aromatic heterocycles. The highest BCUT2D eigenvalue weighted by atomic mass is 35.5. The molecule has 3 heterocycles. The van der Waals surface area contributed by atoms with Crippen LogP contribution in [-0.2, 0) is 16.9 Å². The Hall–Kier alpha value is -2.52. The molecule has 0 amide bonds. The molecule has 1 saturated heterocycles. The van der Waals surface area contributed by atoms with Gasteiger partial charge in [0.2, 0.25) is 0 Å². The molecule has 5 atom stereocenters. The Bertz CT molecular complexity index is 1190. The zero-order valence-corrected chi connectivity index (χ0v) is 18.0. The summed E-state index contributed by atoms with van der Waals surface area (Å²) in [6.07, 6.45) is 1.06. The summed E-state index contributed by atoms with van der Waals surface area (Å²) in [7, 11) is 0. The van der Waals surface area contributed by atoms with Crippen molar-refractivity contribution in [1.82, 2.24) is 19.5 Å². The minimum atomic E-state index is -1.37. The van der Waals surface area contributed by atoms with Crippen LogP contribution in [0.5, 0.6) is 0 Å². The fourth-order valence-electron chi connectivity index (χ4n) is 4.99. The number of allylic oxidation sites excluding steroid dienone is 1. The molecule has 8 nitrogen and oxygen atoms in total. The first-order valence-electron chi connectivity index (χ1n) is 10.2.